The van der Waals surface area contributed by atoms with Crippen molar-refractivity contribution in [3.05, 3.63) is 17.3 Å². The van der Waals surface area contributed by atoms with E-state index in [1.807, 2.05) is 0 Å². The molecule has 4 heteroatoms. The summed E-state index contributed by atoms with van der Waals surface area (Å²) in [5, 5.41) is 0. The molecule has 0 radical (unpaired) electrons. The Morgan fingerprint density at radius 1 is 1.38 bits per heavy atom. The average molecular weight is 223 g/mol. The Balaban J connectivity index is 2.22. The van der Waals surface area contributed by atoms with Crippen LogP contribution in [-0.4, -0.2) is 9.97 Å². The van der Waals surface area contributed by atoms with Crippen LogP contribution in [-0.2, 0) is 0 Å². The summed E-state index contributed by atoms with van der Waals surface area (Å²) in [4.78, 5) is 8.29. The fraction of sp³-hybridized carbons (Fsp3) is 0.667. The molecule has 1 heterocycles. The van der Waals surface area contributed by atoms with Gasteiger partial charge >= 0.3 is 0 Å². The van der Waals surface area contributed by atoms with Crippen LogP contribution in [0.3, 0.4) is 0 Å². The summed E-state index contributed by atoms with van der Waals surface area (Å²) < 4.78 is 13.3. The molecule has 1 aromatic rings. The molecule has 2 unspecified atom stereocenters. The summed E-state index contributed by atoms with van der Waals surface area (Å²) in [5.41, 5.74) is 5.89. The van der Waals surface area contributed by atoms with E-state index in [1.54, 1.807) is 6.92 Å². The lowest BCUT2D eigenvalue weighted by Crippen LogP contribution is -2.08. The smallest absolute Gasteiger partial charge is 0.186 e. The van der Waals surface area contributed by atoms with E-state index < -0.39 is 5.82 Å². The van der Waals surface area contributed by atoms with Crippen LogP contribution in [0.2, 0.25) is 0 Å². The second-order valence-corrected chi connectivity index (χ2v) is 4.65. The zero-order chi connectivity index (χ0) is 11.7. The van der Waals surface area contributed by atoms with Gasteiger partial charge in [0.2, 0.25) is 0 Å². The fourth-order valence-electron chi connectivity index (χ4n) is 2.47. The second-order valence-electron chi connectivity index (χ2n) is 4.65. The predicted molar refractivity (Wildman–Crippen MR) is 61.5 cm³/mol. The van der Waals surface area contributed by atoms with Crippen molar-refractivity contribution in [2.24, 2.45) is 5.92 Å². The largest absolute Gasteiger partial charge is 0.381 e. The fourth-order valence-corrected chi connectivity index (χ4v) is 2.47. The first-order valence-electron chi connectivity index (χ1n) is 5.91. The normalized spacial score (nSPS) is 24.9. The maximum atomic E-state index is 13.3. The first-order chi connectivity index (χ1) is 7.61. The molecule has 3 nitrogen and oxygen atoms in total. The molecule has 1 saturated carbocycles. The third-order valence-corrected chi connectivity index (χ3v) is 3.54. The highest BCUT2D eigenvalue weighted by atomic mass is 19.1. The van der Waals surface area contributed by atoms with Gasteiger partial charge in [0.05, 0.1) is 5.69 Å². The number of hydrogen-bond acceptors (Lipinski definition) is 3. The Labute approximate surface area is 95.3 Å². The molecule has 2 N–H and O–H groups in total. The molecule has 0 aliphatic heterocycles. The zero-order valence-electron chi connectivity index (χ0n) is 9.83. The van der Waals surface area contributed by atoms with E-state index in [-0.39, 0.29) is 5.82 Å². The number of nitrogen functional groups attached to an aromatic ring is 1. The molecule has 16 heavy (non-hydrogen) atoms. The van der Waals surface area contributed by atoms with E-state index in [0.717, 1.165) is 24.6 Å². The van der Waals surface area contributed by atoms with Gasteiger partial charge in [-0.3, -0.25) is 0 Å². The van der Waals surface area contributed by atoms with E-state index >= 15 is 0 Å². The Bertz CT molecular complexity index is 369. The van der Waals surface area contributed by atoms with E-state index in [0.29, 0.717) is 11.6 Å². The molecular weight excluding hydrogens is 205 g/mol. The van der Waals surface area contributed by atoms with Crippen molar-refractivity contribution in [1.29, 1.82) is 0 Å². The molecule has 0 aromatic carbocycles. The summed E-state index contributed by atoms with van der Waals surface area (Å²) >= 11 is 0. The lowest BCUT2D eigenvalue weighted by atomic mass is 10.0. The Morgan fingerprint density at radius 3 is 2.69 bits per heavy atom. The zero-order valence-corrected chi connectivity index (χ0v) is 9.83. The number of aromatic nitrogens is 2. The highest BCUT2D eigenvalue weighted by Gasteiger charge is 2.27. The molecule has 0 amide bonds. The number of anilines is 1. The van der Waals surface area contributed by atoms with Crippen molar-refractivity contribution in [3.63, 3.8) is 0 Å². The van der Waals surface area contributed by atoms with Crippen molar-refractivity contribution in [3.8, 4) is 0 Å². The third-order valence-electron chi connectivity index (χ3n) is 3.54. The third kappa shape index (κ3) is 2.01. The Hall–Kier alpha value is -1.19. The van der Waals surface area contributed by atoms with E-state index in [2.05, 4.69) is 16.9 Å². The van der Waals surface area contributed by atoms with Gasteiger partial charge in [-0.1, -0.05) is 13.3 Å². The minimum absolute atomic E-state index is 0.0116. The van der Waals surface area contributed by atoms with Crippen LogP contribution < -0.4 is 5.73 Å². The van der Waals surface area contributed by atoms with Crippen LogP contribution in [0.5, 0.6) is 0 Å². The molecule has 2 atom stereocenters. The van der Waals surface area contributed by atoms with Gasteiger partial charge in [-0.15, -0.1) is 0 Å². The van der Waals surface area contributed by atoms with Crippen molar-refractivity contribution >= 4 is 5.82 Å². The maximum absolute atomic E-state index is 13.3. The number of rotatable bonds is 2. The van der Waals surface area contributed by atoms with Crippen LogP contribution in [0.1, 0.15) is 50.0 Å². The van der Waals surface area contributed by atoms with Gasteiger partial charge in [0, 0.05) is 5.92 Å². The van der Waals surface area contributed by atoms with E-state index in [4.69, 9.17) is 5.73 Å². The van der Waals surface area contributed by atoms with Crippen LogP contribution >= 0.6 is 0 Å². The molecule has 0 saturated heterocycles. The number of hydrogen-bond donors (Lipinski definition) is 1. The lowest BCUT2D eigenvalue weighted by molar-refractivity contribution is 0.514. The molecule has 1 fully saturated rings. The van der Waals surface area contributed by atoms with Gasteiger partial charge < -0.3 is 5.73 Å². The van der Waals surface area contributed by atoms with Gasteiger partial charge in [-0.05, 0) is 32.1 Å². The van der Waals surface area contributed by atoms with Crippen molar-refractivity contribution in [1.82, 2.24) is 9.97 Å². The topological polar surface area (TPSA) is 51.8 Å². The van der Waals surface area contributed by atoms with Gasteiger partial charge in [0.25, 0.3) is 0 Å². The first-order valence-corrected chi connectivity index (χ1v) is 5.91. The lowest BCUT2D eigenvalue weighted by Gasteiger charge is -2.10. The molecule has 0 bridgehead atoms. The highest BCUT2D eigenvalue weighted by Crippen LogP contribution is 2.38. The van der Waals surface area contributed by atoms with Gasteiger partial charge in [-0.25, -0.2) is 14.4 Å². The van der Waals surface area contributed by atoms with Gasteiger partial charge in [-0.2, -0.15) is 0 Å². The summed E-state index contributed by atoms with van der Waals surface area (Å²) in [7, 11) is 0. The predicted octanol–water partition coefficient (Wildman–Crippen LogP) is 2.80. The van der Waals surface area contributed by atoms with Crippen LogP contribution in [0.4, 0.5) is 10.2 Å². The minimum atomic E-state index is -0.478. The second kappa shape index (κ2) is 4.36. The Morgan fingerprint density at radius 2 is 2.12 bits per heavy atom. The van der Waals surface area contributed by atoms with E-state index in [1.165, 1.54) is 12.8 Å². The van der Waals surface area contributed by atoms with Crippen LogP contribution in [0.25, 0.3) is 0 Å². The van der Waals surface area contributed by atoms with Gasteiger partial charge in [0.1, 0.15) is 5.82 Å². The summed E-state index contributed by atoms with van der Waals surface area (Å²) in [6.07, 6.45) is 4.64. The minimum Gasteiger partial charge on any atom is -0.381 e. The Kier molecular flexibility index (Phi) is 3.08. The molecular formula is C12H18FN3. The molecule has 0 spiro atoms. The molecule has 1 aromatic heterocycles. The summed E-state index contributed by atoms with van der Waals surface area (Å²) in [5.74, 6) is 1.37. The number of halogens is 1. The number of aryl methyl sites for hydroxylation is 1. The van der Waals surface area contributed by atoms with Crippen LogP contribution in [0, 0.1) is 18.7 Å². The van der Waals surface area contributed by atoms with Crippen LogP contribution in [0.15, 0.2) is 0 Å². The average Bonchev–Trinajstić information content (AvgIpc) is 2.73. The SMILES string of the molecule is CCC1CCC(c2nc(C)c(F)c(N)n2)C1. The number of nitrogens with two attached hydrogens (primary N) is 1. The standard InChI is InChI=1S/C12H18FN3/c1-3-8-4-5-9(6-8)12-15-7(2)10(13)11(14)16-12/h8-9H,3-6H2,1-2H3,(H2,14,15,16). The summed E-state index contributed by atoms with van der Waals surface area (Å²) in [6.45, 7) is 3.85. The monoisotopic (exact) mass is 223 g/mol. The first kappa shape index (κ1) is 11.3. The maximum Gasteiger partial charge on any atom is 0.186 e. The van der Waals surface area contributed by atoms with Crippen molar-refractivity contribution in [2.75, 3.05) is 5.73 Å². The molecule has 88 valence electrons. The summed E-state index contributed by atoms with van der Waals surface area (Å²) in [6, 6.07) is 0. The quantitative estimate of drug-likeness (QED) is 0.838. The highest BCUT2D eigenvalue weighted by molar-refractivity contribution is 5.32. The van der Waals surface area contributed by atoms with E-state index in [9.17, 15) is 4.39 Å². The van der Waals surface area contributed by atoms with Crippen molar-refractivity contribution in [2.45, 2.75) is 45.4 Å². The van der Waals surface area contributed by atoms with Gasteiger partial charge in [0.15, 0.2) is 11.6 Å². The van der Waals surface area contributed by atoms with Crippen molar-refractivity contribution < 1.29 is 4.39 Å². The molecule has 1 aliphatic carbocycles. The number of nitrogens with zero attached hydrogens (tertiary/aromatic N) is 2. The molecule has 1 aliphatic rings. The molecule has 2 rings (SSSR count).